The number of sulfonamides is 1. The average Bonchev–Trinajstić information content (AvgIpc) is 2.88. The predicted molar refractivity (Wildman–Crippen MR) is 86.0 cm³/mol. The Labute approximate surface area is 127 Å². The molecule has 0 aliphatic carbocycles. The molecule has 0 radical (unpaired) electrons. The van der Waals surface area contributed by atoms with Crippen LogP contribution in [0.2, 0.25) is 5.02 Å². The fourth-order valence-corrected chi connectivity index (χ4v) is 3.65. The summed E-state index contributed by atoms with van der Waals surface area (Å²) in [6.45, 7) is 0. The number of benzene rings is 2. The second-order valence-corrected chi connectivity index (χ2v) is 6.86. The first-order valence-corrected chi connectivity index (χ1v) is 8.37. The molecule has 0 saturated heterocycles. The maximum absolute atomic E-state index is 12.2. The molecule has 0 saturated carbocycles. The smallest absolute Gasteiger partial charge is 0.236 e. The first-order valence-electron chi connectivity index (χ1n) is 6.34. The zero-order chi connectivity index (χ0) is 14.9. The fourth-order valence-electron chi connectivity index (χ4n) is 2.15. The van der Waals surface area contributed by atoms with Crippen molar-refractivity contribution < 1.29 is 8.42 Å². The first-order chi connectivity index (χ1) is 10.0. The van der Waals surface area contributed by atoms with Crippen LogP contribution in [-0.4, -0.2) is 13.4 Å². The number of aromatic amines is 1. The minimum absolute atomic E-state index is 0.157. The summed E-state index contributed by atoms with van der Waals surface area (Å²) >= 11 is 6.00. The molecule has 1 heterocycles. The van der Waals surface area contributed by atoms with Crippen molar-refractivity contribution in [3.63, 3.8) is 0 Å². The highest BCUT2D eigenvalue weighted by molar-refractivity contribution is 7.91. The fraction of sp³-hybridized carbons (Fsp3) is 0.0667. The second-order valence-electron chi connectivity index (χ2n) is 4.73. The monoisotopic (exact) mass is 320 g/mol. The molecule has 108 valence electrons. The van der Waals surface area contributed by atoms with Gasteiger partial charge < -0.3 is 4.98 Å². The van der Waals surface area contributed by atoms with Gasteiger partial charge in [0.25, 0.3) is 0 Å². The lowest BCUT2D eigenvalue weighted by atomic mass is 10.2. The molecule has 3 rings (SSSR count). The Morgan fingerprint density at radius 2 is 1.90 bits per heavy atom. The third-order valence-electron chi connectivity index (χ3n) is 3.13. The van der Waals surface area contributed by atoms with Gasteiger partial charge in [-0.1, -0.05) is 35.9 Å². The van der Waals surface area contributed by atoms with Crippen LogP contribution >= 0.6 is 11.6 Å². The van der Waals surface area contributed by atoms with Crippen LogP contribution in [0.3, 0.4) is 0 Å². The van der Waals surface area contributed by atoms with Gasteiger partial charge in [-0.3, -0.25) is 4.72 Å². The summed E-state index contributed by atoms with van der Waals surface area (Å²) in [6, 6.07) is 14.2. The molecule has 6 heteroatoms. The lowest BCUT2D eigenvalue weighted by molar-refractivity contribution is 0.600. The van der Waals surface area contributed by atoms with Crippen molar-refractivity contribution in [1.82, 2.24) is 4.98 Å². The highest BCUT2D eigenvalue weighted by Gasteiger charge is 2.14. The molecule has 4 nitrogen and oxygen atoms in total. The van der Waals surface area contributed by atoms with Crippen LogP contribution in [0.25, 0.3) is 10.9 Å². The van der Waals surface area contributed by atoms with Gasteiger partial charge in [-0.05, 0) is 35.2 Å². The Bertz CT molecular complexity index is 887. The van der Waals surface area contributed by atoms with E-state index in [9.17, 15) is 8.42 Å². The molecule has 0 aliphatic rings. The SMILES string of the molecule is O=S(=O)(Cc1ccccc1Cl)Nc1ccc2cc[nH]c2c1. The molecule has 2 N–H and O–H groups in total. The average molecular weight is 321 g/mol. The van der Waals surface area contributed by atoms with Crippen molar-refractivity contribution in [1.29, 1.82) is 0 Å². The molecule has 0 aliphatic heterocycles. The Kier molecular flexibility index (Phi) is 3.61. The third kappa shape index (κ3) is 3.20. The number of fused-ring (bicyclic) bond motifs is 1. The molecule has 2 aromatic carbocycles. The van der Waals surface area contributed by atoms with E-state index in [-0.39, 0.29) is 5.75 Å². The van der Waals surface area contributed by atoms with Crippen LogP contribution in [-0.2, 0) is 15.8 Å². The van der Waals surface area contributed by atoms with Crippen LogP contribution in [0, 0.1) is 0 Å². The van der Waals surface area contributed by atoms with E-state index in [1.54, 1.807) is 36.4 Å². The molecule has 3 aromatic rings. The van der Waals surface area contributed by atoms with Crippen LogP contribution in [0.5, 0.6) is 0 Å². The number of hydrogen-bond donors (Lipinski definition) is 2. The number of H-pyrrole nitrogens is 1. The van der Waals surface area contributed by atoms with Gasteiger partial charge >= 0.3 is 0 Å². The Morgan fingerprint density at radius 1 is 1.10 bits per heavy atom. The van der Waals surface area contributed by atoms with Gasteiger partial charge in [0.2, 0.25) is 10.0 Å². The van der Waals surface area contributed by atoms with E-state index in [0.29, 0.717) is 16.3 Å². The Balaban J connectivity index is 1.84. The van der Waals surface area contributed by atoms with Gasteiger partial charge in [0.1, 0.15) is 0 Å². The quantitative estimate of drug-likeness (QED) is 0.768. The summed E-state index contributed by atoms with van der Waals surface area (Å²) in [7, 11) is -3.51. The van der Waals surface area contributed by atoms with Gasteiger partial charge in [-0.2, -0.15) is 0 Å². The van der Waals surface area contributed by atoms with E-state index in [1.165, 1.54) is 0 Å². The topological polar surface area (TPSA) is 62.0 Å². The molecule has 21 heavy (non-hydrogen) atoms. The number of halogens is 1. The largest absolute Gasteiger partial charge is 0.361 e. The van der Waals surface area contributed by atoms with Crippen LogP contribution in [0.1, 0.15) is 5.56 Å². The van der Waals surface area contributed by atoms with E-state index in [2.05, 4.69) is 9.71 Å². The minimum Gasteiger partial charge on any atom is -0.361 e. The number of rotatable bonds is 4. The lowest BCUT2D eigenvalue weighted by Crippen LogP contribution is -2.15. The van der Waals surface area contributed by atoms with Gasteiger partial charge in [-0.25, -0.2) is 8.42 Å². The van der Waals surface area contributed by atoms with Gasteiger partial charge in [0.15, 0.2) is 0 Å². The Hall–Kier alpha value is -1.98. The second kappa shape index (κ2) is 5.42. The highest BCUT2D eigenvalue weighted by atomic mass is 35.5. The van der Waals surface area contributed by atoms with Crippen LogP contribution in [0.15, 0.2) is 54.7 Å². The van der Waals surface area contributed by atoms with E-state index < -0.39 is 10.0 Å². The maximum atomic E-state index is 12.2. The van der Waals surface area contributed by atoms with Crippen LogP contribution < -0.4 is 4.72 Å². The standard InChI is InChI=1S/C15H13ClN2O2S/c16-14-4-2-1-3-12(14)10-21(19,20)18-13-6-5-11-7-8-17-15(11)9-13/h1-9,17-18H,10H2. The van der Waals surface area contributed by atoms with Gasteiger partial charge in [-0.15, -0.1) is 0 Å². The van der Waals surface area contributed by atoms with Crippen molar-refractivity contribution in [2.75, 3.05) is 4.72 Å². The number of nitrogens with one attached hydrogen (secondary N) is 2. The molecular weight excluding hydrogens is 308 g/mol. The van der Waals surface area contributed by atoms with E-state index in [1.807, 2.05) is 18.3 Å². The van der Waals surface area contributed by atoms with Gasteiger partial charge in [0, 0.05) is 16.7 Å². The molecule has 0 bridgehead atoms. The zero-order valence-corrected chi connectivity index (χ0v) is 12.6. The zero-order valence-electron chi connectivity index (χ0n) is 11.0. The molecule has 0 atom stereocenters. The highest BCUT2D eigenvalue weighted by Crippen LogP contribution is 2.21. The summed E-state index contributed by atoms with van der Waals surface area (Å²) < 4.78 is 27.0. The van der Waals surface area contributed by atoms with Crippen LogP contribution in [0.4, 0.5) is 5.69 Å². The molecule has 0 spiro atoms. The third-order valence-corrected chi connectivity index (χ3v) is 4.74. The van der Waals surface area contributed by atoms with E-state index >= 15 is 0 Å². The van der Waals surface area contributed by atoms with Crippen molar-refractivity contribution in [3.05, 3.63) is 65.3 Å². The normalized spacial score (nSPS) is 11.7. The van der Waals surface area contributed by atoms with Crippen molar-refractivity contribution in [2.45, 2.75) is 5.75 Å². The molecular formula is C15H13ClN2O2S. The van der Waals surface area contributed by atoms with Crippen molar-refractivity contribution >= 4 is 38.2 Å². The summed E-state index contributed by atoms with van der Waals surface area (Å²) in [5, 5.41) is 1.48. The minimum atomic E-state index is -3.51. The summed E-state index contributed by atoms with van der Waals surface area (Å²) in [5.41, 5.74) is 1.98. The summed E-state index contributed by atoms with van der Waals surface area (Å²) in [4.78, 5) is 3.05. The van der Waals surface area contributed by atoms with E-state index in [0.717, 1.165) is 10.9 Å². The van der Waals surface area contributed by atoms with E-state index in [4.69, 9.17) is 11.6 Å². The van der Waals surface area contributed by atoms with Gasteiger partial charge in [0.05, 0.1) is 11.4 Å². The number of aromatic nitrogens is 1. The summed E-state index contributed by atoms with van der Waals surface area (Å²) in [5.74, 6) is -0.157. The van der Waals surface area contributed by atoms with Crippen molar-refractivity contribution in [2.24, 2.45) is 0 Å². The molecule has 0 unspecified atom stereocenters. The number of anilines is 1. The first kappa shape index (κ1) is 14.0. The molecule has 0 fully saturated rings. The number of hydrogen-bond acceptors (Lipinski definition) is 2. The predicted octanol–water partition coefficient (Wildman–Crippen LogP) is 3.76. The lowest BCUT2D eigenvalue weighted by Gasteiger charge is -2.09. The molecule has 0 amide bonds. The van der Waals surface area contributed by atoms with Crippen molar-refractivity contribution in [3.8, 4) is 0 Å². The molecule has 1 aromatic heterocycles. The Morgan fingerprint density at radius 3 is 2.71 bits per heavy atom. The maximum Gasteiger partial charge on any atom is 0.236 e. The summed E-state index contributed by atoms with van der Waals surface area (Å²) in [6.07, 6.45) is 1.81.